The van der Waals surface area contributed by atoms with E-state index in [0.29, 0.717) is 38.1 Å². The molecular formula is C27H30F2N2O4S. The van der Waals surface area contributed by atoms with Crippen molar-refractivity contribution >= 4 is 34.3 Å². The molecule has 0 unspecified atom stereocenters. The van der Waals surface area contributed by atoms with Crippen LogP contribution in [-0.4, -0.2) is 47.2 Å². The zero-order valence-electron chi connectivity index (χ0n) is 20.4. The van der Waals surface area contributed by atoms with Crippen molar-refractivity contribution in [1.82, 2.24) is 4.57 Å². The number of ether oxygens (including phenoxy) is 1. The van der Waals surface area contributed by atoms with Crippen LogP contribution in [0.25, 0.3) is 10.9 Å². The van der Waals surface area contributed by atoms with Gasteiger partial charge in [0.25, 0.3) is 0 Å². The summed E-state index contributed by atoms with van der Waals surface area (Å²) in [5.41, 5.74) is -1.26. The Balaban J connectivity index is 1.78. The molecule has 4 rings (SSSR count). The highest BCUT2D eigenvalue weighted by atomic mass is 32.2. The number of pyridine rings is 1. The molecule has 1 saturated heterocycles. The Morgan fingerprint density at radius 2 is 1.92 bits per heavy atom. The molecule has 1 aliphatic heterocycles. The molecule has 192 valence electrons. The number of benzene rings is 2. The van der Waals surface area contributed by atoms with Gasteiger partial charge in [-0.25, -0.2) is 13.6 Å². The van der Waals surface area contributed by atoms with E-state index in [4.69, 9.17) is 4.74 Å². The number of anilines is 1. The molecule has 1 N–H and O–H groups in total. The van der Waals surface area contributed by atoms with Crippen LogP contribution in [0.4, 0.5) is 14.5 Å². The monoisotopic (exact) mass is 516 g/mol. The lowest BCUT2D eigenvalue weighted by Gasteiger charge is -2.32. The van der Waals surface area contributed by atoms with E-state index in [1.165, 1.54) is 6.20 Å². The van der Waals surface area contributed by atoms with Crippen LogP contribution in [0, 0.1) is 11.6 Å². The normalized spacial score (nSPS) is 15.3. The number of thioether (sulfide) groups is 1. The van der Waals surface area contributed by atoms with Crippen LogP contribution in [0.3, 0.4) is 0 Å². The van der Waals surface area contributed by atoms with Crippen LogP contribution < -0.4 is 10.3 Å². The number of piperidine rings is 1. The highest BCUT2D eigenvalue weighted by Gasteiger charge is 2.28. The Labute approximate surface area is 212 Å². The number of aliphatic hydroxyl groups excluding tert-OH is 1. The minimum Gasteiger partial charge on any atom is -0.462 e. The number of halogens is 2. The van der Waals surface area contributed by atoms with Gasteiger partial charge in [-0.3, -0.25) is 4.79 Å². The van der Waals surface area contributed by atoms with E-state index < -0.39 is 29.1 Å². The van der Waals surface area contributed by atoms with Gasteiger partial charge in [0.2, 0.25) is 5.43 Å². The van der Waals surface area contributed by atoms with Crippen molar-refractivity contribution in [3.63, 3.8) is 0 Å². The molecule has 1 aromatic heterocycles. The van der Waals surface area contributed by atoms with Crippen molar-refractivity contribution in [2.24, 2.45) is 0 Å². The predicted octanol–water partition coefficient (Wildman–Crippen LogP) is 5.16. The summed E-state index contributed by atoms with van der Waals surface area (Å²) in [6, 6.07) is 10.6. The Bertz CT molecular complexity index is 1290. The summed E-state index contributed by atoms with van der Waals surface area (Å²) in [7, 11) is 0. The van der Waals surface area contributed by atoms with Crippen molar-refractivity contribution in [2.75, 3.05) is 30.3 Å². The van der Waals surface area contributed by atoms with E-state index in [1.807, 2.05) is 37.3 Å². The van der Waals surface area contributed by atoms with Crippen LogP contribution in [0.1, 0.15) is 49.5 Å². The Morgan fingerprint density at radius 1 is 1.22 bits per heavy atom. The standard InChI is InChI=1S/C27H30F2N2O4S/c1-3-35-27(34)21-16-31(17(2)11-14-36-19-7-5-4-6-8-19)24-20(26(21)33)15-22(28)25(23(24)29)30-12-9-18(32)10-13-30/h4-8,15-18,32H,3,9-14H2,1-2H3/t17-/m0/s1. The quantitative estimate of drug-likeness (QED) is 0.329. The molecule has 9 heteroatoms. The number of nitrogens with zero attached hydrogens (tertiary/aromatic N) is 2. The highest BCUT2D eigenvalue weighted by Crippen LogP contribution is 2.34. The third-order valence-corrected chi connectivity index (χ3v) is 7.53. The molecule has 3 aromatic rings. The molecule has 6 nitrogen and oxygen atoms in total. The fraction of sp³-hybridized carbons (Fsp3) is 0.407. The topological polar surface area (TPSA) is 71.8 Å². The molecule has 1 atom stereocenters. The average Bonchev–Trinajstić information content (AvgIpc) is 2.86. The average molecular weight is 517 g/mol. The van der Waals surface area contributed by atoms with Crippen LogP contribution in [-0.2, 0) is 4.74 Å². The van der Waals surface area contributed by atoms with Gasteiger partial charge < -0.3 is 19.3 Å². The van der Waals surface area contributed by atoms with Gasteiger partial charge in [-0.1, -0.05) is 18.2 Å². The summed E-state index contributed by atoms with van der Waals surface area (Å²) in [6.45, 7) is 4.18. The summed E-state index contributed by atoms with van der Waals surface area (Å²) in [5.74, 6) is -1.81. The fourth-order valence-electron chi connectivity index (χ4n) is 4.52. The van der Waals surface area contributed by atoms with Crippen LogP contribution in [0.2, 0.25) is 0 Å². The van der Waals surface area contributed by atoms with E-state index >= 15 is 8.78 Å². The number of carbonyl (C=O) groups is 1. The minimum absolute atomic E-state index is 0.0345. The number of hydrogen-bond acceptors (Lipinski definition) is 6. The van der Waals surface area contributed by atoms with Gasteiger partial charge in [0.1, 0.15) is 17.1 Å². The van der Waals surface area contributed by atoms with E-state index in [-0.39, 0.29) is 34.8 Å². The SMILES string of the molecule is CCOC(=O)c1cn([C@@H](C)CCSc2ccccc2)c2c(F)c(N3CCC(O)CC3)c(F)cc2c1=O. The summed E-state index contributed by atoms with van der Waals surface area (Å²) in [5, 5.41) is 9.63. The maximum Gasteiger partial charge on any atom is 0.343 e. The number of esters is 1. The Kier molecular flexibility index (Phi) is 8.31. The summed E-state index contributed by atoms with van der Waals surface area (Å²) in [4.78, 5) is 28.4. The molecule has 1 aliphatic rings. The summed E-state index contributed by atoms with van der Waals surface area (Å²) >= 11 is 1.65. The van der Waals surface area contributed by atoms with E-state index in [2.05, 4.69) is 0 Å². The van der Waals surface area contributed by atoms with E-state index in [9.17, 15) is 14.7 Å². The highest BCUT2D eigenvalue weighted by molar-refractivity contribution is 7.99. The molecule has 0 amide bonds. The summed E-state index contributed by atoms with van der Waals surface area (Å²) < 4.78 is 37.9. The van der Waals surface area contributed by atoms with Gasteiger partial charge in [0.15, 0.2) is 5.82 Å². The van der Waals surface area contributed by atoms with Gasteiger partial charge >= 0.3 is 5.97 Å². The molecule has 36 heavy (non-hydrogen) atoms. The van der Waals surface area contributed by atoms with Gasteiger partial charge in [-0.2, -0.15) is 0 Å². The van der Waals surface area contributed by atoms with Gasteiger partial charge in [-0.15, -0.1) is 11.8 Å². The first-order valence-corrected chi connectivity index (χ1v) is 13.1. The van der Waals surface area contributed by atoms with E-state index in [0.717, 1.165) is 11.0 Å². The van der Waals surface area contributed by atoms with Crippen LogP contribution >= 0.6 is 11.8 Å². The molecule has 0 bridgehead atoms. The first-order valence-electron chi connectivity index (χ1n) is 12.2. The van der Waals surface area contributed by atoms with Crippen LogP contribution in [0.5, 0.6) is 0 Å². The zero-order valence-corrected chi connectivity index (χ0v) is 21.2. The van der Waals surface area contributed by atoms with Crippen molar-refractivity contribution in [1.29, 1.82) is 0 Å². The van der Waals surface area contributed by atoms with Crippen LogP contribution in [0.15, 0.2) is 52.3 Å². The number of hydrogen-bond donors (Lipinski definition) is 1. The molecule has 2 aromatic carbocycles. The van der Waals surface area contributed by atoms with Gasteiger partial charge in [-0.05, 0) is 57.1 Å². The first-order chi connectivity index (χ1) is 17.3. The lowest BCUT2D eigenvalue weighted by molar-refractivity contribution is 0.0524. The van der Waals surface area contributed by atoms with E-state index in [1.54, 1.807) is 28.2 Å². The van der Waals surface area contributed by atoms with Gasteiger partial charge in [0, 0.05) is 30.2 Å². The second-order valence-electron chi connectivity index (χ2n) is 8.93. The fourth-order valence-corrected chi connectivity index (χ4v) is 5.56. The number of carbonyl (C=O) groups excluding carboxylic acids is 1. The van der Waals surface area contributed by atoms with Crippen molar-refractivity contribution in [3.05, 3.63) is 70.0 Å². The number of rotatable bonds is 8. The number of aromatic nitrogens is 1. The maximum absolute atomic E-state index is 16.1. The molecule has 1 fully saturated rings. The van der Waals surface area contributed by atoms with Gasteiger partial charge in [0.05, 0.1) is 23.6 Å². The smallest absolute Gasteiger partial charge is 0.343 e. The maximum atomic E-state index is 16.1. The minimum atomic E-state index is -0.867. The van der Waals surface area contributed by atoms with Crippen molar-refractivity contribution in [2.45, 2.75) is 50.2 Å². The number of fused-ring (bicyclic) bond motifs is 1. The Morgan fingerprint density at radius 3 is 2.58 bits per heavy atom. The first kappa shape index (κ1) is 26.2. The lowest BCUT2D eigenvalue weighted by Crippen LogP contribution is -2.37. The Hall–Kier alpha value is -2.91. The largest absolute Gasteiger partial charge is 0.462 e. The number of aliphatic hydroxyl groups is 1. The molecule has 0 aliphatic carbocycles. The lowest BCUT2D eigenvalue weighted by atomic mass is 10.0. The molecular weight excluding hydrogens is 486 g/mol. The second kappa shape index (κ2) is 11.4. The molecule has 0 saturated carbocycles. The predicted molar refractivity (Wildman–Crippen MR) is 138 cm³/mol. The third-order valence-electron chi connectivity index (χ3n) is 6.48. The zero-order chi connectivity index (χ0) is 25.8. The third kappa shape index (κ3) is 5.42. The second-order valence-corrected chi connectivity index (χ2v) is 10.1. The van der Waals surface area contributed by atoms with Crippen molar-refractivity contribution < 1.29 is 23.4 Å². The molecule has 0 radical (unpaired) electrons. The molecule has 2 heterocycles. The summed E-state index contributed by atoms with van der Waals surface area (Å²) in [6.07, 6.45) is 2.25. The molecule has 0 spiro atoms. The van der Waals surface area contributed by atoms with Crippen molar-refractivity contribution in [3.8, 4) is 0 Å².